The number of halogens is 3. The summed E-state index contributed by atoms with van der Waals surface area (Å²) in [6.07, 6.45) is -4.51. The van der Waals surface area contributed by atoms with Gasteiger partial charge in [-0.25, -0.2) is 0 Å². The van der Waals surface area contributed by atoms with Gasteiger partial charge in [0.25, 0.3) is 0 Å². The Kier molecular flexibility index (Phi) is 5.58. The second-order valence-corrected chi connectivity index (χ2v) is 5.82. The minimum Gasteiger partial charge on any atom is -0.491 e. The van der Waals surface area contributed by atoms with Crippen molar-refractivity contribution in [1.82, 2.24) is 0 Å². The summed E-state index contributed by atoms with van der Waals surface area (Å²) in [5, 5.41) is 0. The van der Waals surface area contributed by atoms with Gasteiger partial charge in [0.15, 0.2) is 0 Å². The zero-order valence-electron chi connectivity index (χ0n) is 12.1. The van der Waals surface area contributed by atoms with Crippen molar-refractivity contribution in [2.75, 3.05) is 13.2 Å². The number of hydrogen-bond donors (Lipinski definition) is 1. The van der Waals surface area contributed by atoms with Crippen LogP contribution in [-0.4, -0.2) is 23.8 Å². The molecule has 21 heavy (non-hydrogen) atoms. The van der Waals surface area contributed by atoms with Crippen LogP contribution in [0.15, 0.2) is 18.2 Å². The first-order valence-corrected chi connectivity index (χ1v) is 6.69. The second-order valence-electron chi connectivity index (χ2n) is 5.38. The fraction of sp³-hybridized carbons (Fsp3) is 0.500. The Bertz CT molecular complexity index is 510. The molecule has 0 spiro atoms. The highest BCUT2D eigenvalue weighted by molar-refractivity contribution is 7.80. The molecule has 0 unspecified atom stereocenters. The second kappa shape index (κ2) is 6.62. The van der Waals surface area contributed by atoms with E-state index in [0.717, 1.165) is 6.07 Å². The van der Waals surface area contributed by atoms with Crippen LogP contribution in [0.1, 0.15) is 31.9 Å². The largest absolute Gasteiger partial charge is 0.491 e. The molecule has 0 atom stereocenters. The lowest BCUT2D eigenvalue weighted by molar-refractivity contribution is -0.137. The molecule has 1 aromatic carbocycles. The van der Waals surface area contributed by atoms with E-state index in [1.807, 2.05) is 20.8 Å². The summed E-state index contributed by atoms with van der Waals surface area (Å²) in [6, 6.07) is 3.35. The van der Waals surface area contributed by atoms with Crippen LogP contribution < -0.4 is 10.5 Å². The molecule has 2 N–H and O–H groups in total. The van der Waals surface area contributed by atoms with Gasteiger partial charge in [0.05, 0.1) is 17.8 Å². The van der Waals surface area contributed by atoms with E-state index in [0.29, 0.717) is 6.61 Å². The van der Waals surface area contributed by atoms with Gasteiger partial charge in [0, 0.05) is 5.56 Å². The molecule has 0 aliphatic heterocycles. The van der Waals surface area contributed by atoms with Gasteiger partial charge in [-0.15, -0.1) is 0 Å². The molecule has 0 bridgehead atoms. The smallest absolute Gasteiger partial charge is 0.417 e. The molecule has 0 radical (unpaired) electrons. The number of rotatable bonds is 5. The van der Waals surface area contributed by atoms with Crippen molar-refractivity contribution in [3.63, 3.8) is 0 Å². The van der Waals surface area contributed by atoms with Crippen molar-refractivity contribution in [1.29, 1.82) is 0 Å². The zero-order chi connectivity index (χ0) is 16.3. The molecule has 0 saturated carbocycles. The van der Waals surface area contributed by atoms with Gasteiger partial charge in [-0.1, -0.05) is 12.2 Å². The van der Waals surface area contributed by atoms with E-state index < -0.39 is 11.7 Å². The first-order chi connectivity index (χ1) is 9.50. The molecule has 0 saturated heterocycles. The lowest BCUT2D eigenvalue weighted by Gasteiger charge is -2.19. The minimum absolute atomic E-state index is 0.222. The summed E-state index contributed by atoms with van der Waals surface area (Å²) < 4.78 is 49.2. The Morgan fingerprint density at radius 2 is 1.81 bits per heavy atom. The van der Waals surface area contributed by atoms with Gasteiger partial charge in [-0.05, 0) is 39.0 Å². The van der Waals surface area contributed by atoms with Gasteiger partial charge in [0.1, 0.15) is 17.3 Å². The number of nitrogens with two attached hydrogens (primary N) is 1. The maximum atomic E-state index is 12.8. The van der Waals surface area contributed by atoms with E-state index in [2.05, 4.69) is 12.2 Å². The van der Waals surface area contributed by atoms with Crippen molar-refractivity contribution in [2.24, 2.45) is 5.73 Å². The molecule has 1 aromatic rings. The Labute approximate surface area is 127 Å². The van der Waals surface area contributed by atoms with Crippen molar-refractivity contribution >= 4 is 17.2 Å². The number of hydrogen-bond acceptors (Lipinski definition) is 3. The summed E-state index contributed by atoms with van der Waals surface area (Å²) >= 11 is 4.66. The Balaban J connectivity index is 2.78. The molecule has 1 rings (SSSR count). The van der Waals surface area contributed by atoms with E-state index >= 15 is 0 Å². The predicted molar refractivity (Wildman–Crippen MR) is 78.5 cm³/mol. The van der Waals surface area contributed by atoms with E-state index in [1.54, 1.807) is 0 Å². The van der Waals surface area contributed by atoms with E-state index in [-0.39, 0.29) is 28.5 Å². The maximum Gasteiger partial charge on any atom is 0.417 e. The van der Waals surface area contributed by atoms with Crippen LogP contribution in [0, 0.1) is 0 Å². The number of ether oxygens (including phenoxy) is 2. The average molecular weight is 321 g/mol. The highest BCUT2D eigenvalue weighted by Gasteiger charge is 2.34. The van der Waals surface area contributed by atoms with Crippen LogP contribution in [0.2, 0.25) is 0 Å². The normalized spacial score (nSPS) is 12.3. The fourth-order valence-corrected chi connectivity index (χ4v) is 1.74. The van der Waals surface area contributed by atoms with Crippen molar-refractivity contribution in [3.8, 4) is 5.75 Å². The lowest BCUT2D eigenvalue weighted by Crippen LogP contribution is -2.22. The van der Waals surface area contributed by atoms with Crippen LogP contribution >= 0.6 is 12.2 Å². The molecule has 0 amide bonds. The van der Waals surface area contributed by atoms with Crippen LogP contribution in [0.4, 0.5) is 13.2 Å². The van der Waals surface area contributed by atoms with Crippen molar-refractivity contribution < 1.29 is 22.6 Å². The summed E-state index contributed by atoms with van der Waals surface area (Å²) in [5.74, 6) is 0.267. The SMILES string of the molecule is CC(C)(C)OCCOc1ccc(C(F)(F)F)c(C(N)=S)c1. The molecular formula is C14H18F3NO2S. The lowest BCUT2D eigenvalue weighted by atomic mass is 10.1. The van der Waals surface area contributed by atoms with Crippen molar-refractivity contribution in [2.45, 2.75) is 32.5 Å². The minimum atomic E-state index is -4.51. The highest BCUT2D eigenvalue weighted by Crippen LogP contribution is 2.33. The van der Waals surface area contributed by atoms with Gasteiger partial charge in [-0.3, -0.25) is 0 Å². The molecule has 118 valence electrons. The van der Waals surface area contributed by atoms with Crippen LogP contribution in [0.25, 0.3) is 0 Å². The van der Waals surface area contributed by atoms with Gasteiger partial charge >= 0.3 is 6.18 Å². The van der Waals surface area contributed by atoms with Crippen LogP contribution in [0.3, 0.4) is 0 Å². The monoisotopic (exact) mass is 321 g/mol. The molecule has 0 heterocycles. The zero-order valence-corrected chi connectivity index (χ0v) is 12.9. The molecular weight excluding hydrogens is 303 g/mol. The predicted octanol–water partition coefficient (Wildman–Crippen LogP) is 3.53. The highest BCUT2D eigenvalue weighted by atomic mass is 32.1. The topological polar surface area (TPSA) is 44.5 Å². The molecule has 0 aliphatic rings. The summed E-state index contributed by atoms with van der Waals surface area (Å²) in [6.45, 7) is 6.24. The van der Waals surface area contributed by atoms with Crippen molar-refractivity contribution in [3.05, 3.63) is 29.3 Å². The van der Waals surface area contributed by atoms with E-state index in [4.69, 9.17) is 15.2 Å². The van der Waals surface area contributed by atoms with Crippen LogP contribution in [-0.2, 0) is 10.9 Å². The molecule has 3 nitrogen and oxygen atoms in total. The van der Waals surface area contributed by atoms with Crippen LogP contribution in [0.5, 0.6) is 5.75 Å². The quantitative estimate of drug-likeness (QED) is 0.665. The first kappa shape index (κ1) is 17.7. The third-order valence-corrected chi connectivity index (χ3v) is 2.67. The Morgan fingerprint density at radius 1 is 1.19 bits per heavy atom. The van der Waals surface area contributed by atoms with E-state index in [1.165, 1.54) is 12.1 Å². The summed E-state index contributed by atoms with van der Waals surface area (Å²) in [7, 11) is 0. The number of thiocarbonyl (C=S) groups is 1. The van der Waals surface area contributed by atoms with Gasteiger partial charge in [-0.2, -0.15) is 13.2 Å². The molecule has 7 heteroatoms. The number of alkyl halides is 3. The Hall–Kier alpha value is -1.34. The average Bonchev–Trinajstić information content (AvgIpc) is 2.32. The molecule has 0 aliphatic carbocycles. The summed E-state index contributed by atoms with van der Waals surface area (Å²) in [5.41, 5.74) is 3.93. The molecule has 0 fully saturated rings. The Morgan fingerprint density at radius 3 is 2.29 bits per heavy atom. The third kappa shape index (κ3) is 5.89. The fourth-order valence-electron chi connectivity index (χ4n) is 1.57. The van der Waals surface area contributed by atoms with Gasteiger partial charge < -0.3 is 15.2 Å². The van der Waals surface area contributed by atoms with E-state index in [9.17, 15) is 13.2 Å². The maximum absolute atomic E-state index is 12.8. The summed E-state index contributed by atoms with van der Waals surface area (Å²) in [4.78, 5) is -0.321. The third-order valence-electron chi connectivity index (χ3n) is 2.45. The number of benzene rings is 1. The van der Waals surface area contributed by atoms with Gasteiger partial charge in [0.2, 0.25) is 0 Å². The first-order valence-electron chi connectivity index (χ1n) is 6.28. The molecule has 0 aromatic heterocycles. The standard InChI is InChI=1S/C14H18F3NO2S/c1-13(2,3)20-7-6-19-9-4-5-11(14(15,16)17)10(8-9)12(18)21/h4-5,8H,6-7H2,1-3H3,(H2,18,21).